The summed E-state index contributed by atoms with van der Waals surface area (Å²) in [5, 5.41) is 7.02. The van der Waals surface area contributed by atoms with Gasteiger partial charge in [0.05, 0.1) is 0 Å². The first kappa shape index (κ1) is 25.6. The largest absolute Gasteiger partial charge is 0.486 e. The fourth-order valence-corrected chi connectivity index (χ4v) is 5.87. The summed E-state index contributed by atoms with van der Waals surface area (Å²) in [5.74, 6) is 3.84. The lowest BCUT2D eigenvalue weighted by Gasteiger charge is -2.33. The second-order valence-corrected chi connectivity index (χ2v) is 11.0. The van der Waals surface area contributed by atoms with E-state index in [1.807, 2.05) is 18.2 Å². The molecule has 0 saturated carbocycles. The van der Waals surface area contributed by atoms with E-state index in [9.17, 15) is 0 Å². The quantitative estimate of drug-likeness (QED) is 0.331. The highest BCUT2D eigenvalue weighted by atomic mass is 32.1. The second-order valence-electron chi connectivity index (χ2n) is 10.6. The third kappa shape index (κ3) is 5.63. The van der Waals surface area contributed by atoms with Crippen molar-refractivity contribution < 1.29 is 9.47 Å². The molecule has 3 aliphatic heterocycles. The molecule has 3 aromatic carbocycles. The molecule has 0 radical (unpaired) electrons. The summed E-state index contributed by atoms with van der Waals surface area (Å²) in [5.41, 5.74) is 6.56. The van der Waals surface area contributed by atoms with Crippen molar-refractivity contribution in [3.05, 3.63) is 101 Å². The Balaban J connectivity index is 1.11. The third-order valence-corrected chi connectivity index (χ3v) is 8.14. The summed E-state index contributed by atoms with van der Waals surface area (Å²) >= 11 is 5.67. The van der Waals surface area contributed by atoms with Crippen molar-refractivity contribution in [2.75, 3.05) is 41.4 Å². The SMILES string of the molecule is S=C(NCc1ccc2c(c1)OCCO2)Nc1nc(N2CCc3ccccc3C2)cc(N2CCc3ccccc3C2)n1. The number of ether oxygens (including phenoxy) is 2. The van der Waals surface area contributed by atoms with Gasteiger partial charge in [-0.25, -0.2) is 0 Å². The van der Waals surface area contributed by atoms with E-state index in [0.29, 0.717) is 30.8 Å². The predicted molar refractivity (Wildman–Crippen MR) is 165 cm³/mol. The Bertz CT molecular complexity index is 1520. The average molecular weight is 565 g/mol. The Kier molecular flexibility index (Phi) is 7.02. The van der Waals surface area contributed by atoms with Crippen LogP contribution in [-0.2, 0) is 32.5 Å². The lowest BCUT2D eigenvalue weighted by atomic mass is 9.99. The number of aromatic nitrogens is 2. The lowest BCUT2D eigenvalue weighted by Crippen LogP contribution is -2.34. The van der Waals surface area contributed by atoms with Crippen LogP contribution in [-0.4, -0.2) is 41.4 Å². The minimum Gasteiger partial charge on any atom is -0.486 e. The number of hydrogen-bond donors (Lipinski definition) is 2. The highest BCUT2D eigenvalue weighted by molar-refractivity contribution is 7.80. The first-order valence-electron chi connectivity index (χ1n) is 14.1. The Hall–Kier alpha value is -4.37. The monoisotopic (exact) mass is 564 g/mol. The first-order valence-corrected chi connectivity index (χ1v) is 14.5. The molecule has 2 N–H and O–H groups in total. The molecule has 1 aromatic heterocycles. The van der Waals surface area contributed by atoms with Gasteiger partial charge in [0.25, 0.3) is 0 Å². The van der Waals surface area contributed by atoms with Crippen LogP contribution in [0.4, 0.5) is 17.6 Å². The van der Waals surface area contributed by atoms with E-state index in [4.69, 9.17) is 31.7 Å². The van der Waals surface area contributed by atoms with Gasteiger partial charge < -0.3 is 29.9 Å². The molecule has 8 nitrogen and oxygen atoms in total. The van der Waals surface area contributed by atoms with Crippen molar-refractivity contribution in [2.45, 2.75) is 32.5 Å². The van der Waals surface area contributed by atoms with Crippen LogP contribution in [0.1, 0.15) is 27.8 Å². The topological polar surface area (TPSA) is 74.8 Å². The van der Waals surface area contributed by atoms with Gasteiger partial charge >= 0.3 is 0 Å². The number of rotatable bonds is 5. The molecular formula is C32H32N6O2S. The maximum atomic E-state index is 5.72. The molecule has 208 valence electrons. The van der Waals surface area contributed by atoms with Crippen LogP contribution < -0.4 is 29.9 Å². The number of thiocarbonyl (C=S) groups is 1. The van der Waals surface area contributed by atoms with Crippen LogP contribution in [0, 0.1) is 0 Å². The summed E-state index contributed by atoms with van der Waals surface area (Å²) < 4.78 is 11.4. The minimum absolute atomic E-state index is 0.468. The number of hydrogen-bond acceptors (Lipinski definition) is 7. The van der Waals surface area contributed by atoms with Crippen LogP contribution in [0.15, 0.2) is 72.8 Å². The Morgan fingerprint density at radius 3 is 1.95 bits per heavy atom. The van der Waals surface area contributed by atoms with E-state index in [-0.39, 0.29) is 0 Å². The predicted octanol–water partition coefficient (Wildman–Crippen LogP) is 4.86. The van der Waals surface area contributed by atoms with E-state index >= 15 is 0 Å². The molecule has 4 heterocycles. The highest BCUT2D eigenvalue weighted by Gasteiger charge is 2.23. The lowest BCUT2D eigenvalue weighted by molar-refractivity contribution is 0.171. The number of benzene rings is 3. The zero-order chi connectivity index (χ0) is 27.6. The van der Waals surface area contributed by atoms with Crippen LogP contribution in [0.3, 0.4) is 0 Å². The summed E-state index contributed by atoms with van der Waals surface area (Å²) in [4.78, 5) is 14.5. The van der Waals surface area contributed by atoms with Crippen molar-refractivity contribution in [3.8, 4) is 11.5 Å². The number of fused-ring (bicyclic) bond motifs is 3. The molecule has 0 atom stereocenters. The molecule has 4 aromatic rings. The van der Waals surface area contributed by atoms with E-state index in [0.717, 1.165) is 67.7 Å². The van der Waals surface area contributed by atoms with E-state index in [1.54, 1.807) is 0 Å². The zero-order valence-corrected chi connectivity index (χ0v) is 23.6. The minimum atomic E-state index is 0.468. The molecule has 0 amide bonds. The molecular weight excluding hydrogens is 532 g/mol. The van der Waals surface area contributed by atoms with Gasteiger partial charge in [0.15, 0.2) is 16.6 Å². The molecule has 0 saturated heterocycles. The fraction of sp³-hybridized carbons (Fsp3) is 0.281. The number of anilines is 3. The molecule has 7 rings (SSSR count). The Labute approximate surface area is 245 Å². The molecule has 3 aliphatic rings. The molecule has 0 bridgehead atoms. The normalized spacial score (nSPS) is 15.5. The first-order chi connectivity index (χ1) is 20.2. The van der Waals surface area contributed by atoms with Gasteiger partial charge in [-0.2, -0.15) is 9.97 Å². The molecule has 0 spiro atoms. The summed E-state index contributed by atoms with van der Waals surface area (Å²) in [7, 11) is 0. The van der Waals surface area contributed by atoms with Crippen LogP contribution in [0.5, 0.6) is 11.5 Å². The van der Waals surface area contributed by atoms with Gasteiger partial charge in [-0.1, -0.05) is 54.6 Å². The van der Waals surface area contributed by atoms with Crippen molar-refractivity contribution in [3.63, 3.8) is 0 Å². The zero-order valence-electron chi connectivity index (χ0n) is 22.8. The molecule has 0 fully saturated rings. The number of nitrogens with one attached hydrogen (secondary N) is 2. The van der Waals surface area contributed by atoms with Crippen molar-refractivity contribution in [2.24, 2.45) is 0 Å². The summed E-state index contributed by atoms with van der Waals surface area (Å²) in [6, 6.07) is 25.4. The van der Waals surface area contributed by atoms with Crippen LogP contribution >= 0.6 is 12.2 Å². The molecule has 9 heteroatoms. The van der Waals surface area contributed by atoms with Crippen molar-refractivity contribution in [1.29, 1.82) is 0 Å². The van der Waals surface area contributed by atoms with Gasteiger partial charge in [0.1, 0.15) is 24.8 Å². The summed E-state index contributed by atoms with van der Waals surface area (Å²) in [6.45, 7) is 5.13. The van der Waals surface area contributed by atoms with Gasteiger partial charge in [-0.3, -0.25) is 0 Å². The van der Waals surface area contributed by atoms with Gasteiger partial charge in [0, 0.05) is 38.8 Å². The maximum absolute atomic E-state index is 5.72. The third-order valence-electron chi connectivity index (χ3n) is 7.89. The summed E-state index contributed by atoms with van der Waals surface area (Å²) in [6.07, 6.45) is 1.98. The van der Waals surface area contributed by atoms with Crippen LogP contribution in [0.2, 0.25) is 0 Å². The molecule has 41 heavy (non-hydrogen) atoms. The highest BCUT2D eigenvalue weighted by Crippen LogP contribution is 2.31. The number of nitrogens with zero attached hydrogens (tertiary/aromatic N) is 4. The van der Waals surface area contributed by atoms with Gasteiger partial charge in [0.2, 0.25) is 5.95 Å². The van der Waals surface area contributed by atoms with Crippen molar-refractivity contribution >= 4 is 34.9 Å². The van der Waals surface area contributed by atoms with E-state index < -0.39 is 0 Å². The standard InChI is InChI=1S/C32H32N6O2S/c41-32(33-19-22-9-10-27-28(17-22)40-16-15-39-27)36-31-34-29(37-13-11-23-5-1-3-7-25(23)20-37)18-30(35-31)38-14-12-24-6-2-4-8-26(24)21-38/h1-10,17-18H,11-16,19-21H2,(H2,33,34,35,36,41). The maximum Gasteiger partial charge on any atom is 0.232 e. The smallest absolute Gasteiger partial charge is 0.232 e. The molecule has 0 unspecified atom stereocenters. The van der Waals surface area contributed by atoms with Gasteiger partial charge in [-0.15, -0.1) is 0 Å². The van der Waals surface area contributed by atoms with Crippen LogP contribution in [0.25, 0.3) is 0 Å². The van der Waals surface area contributed by atoms with Gasteiger partial charge in [-0.05, 0) is 65.0 Å². The fourth-order valence-electron chi connectivity index (χ4n) is 5.71. The van der Waals surface area contributed by atoms with E-state index in [1.165, 1.54) is 22.3 Å². The Morgan fingerprint density at radius 2 is 1.32 bits per heavy atom. The molecule has 0 aliphatic carbocycles. The Morgan fingerprint density at radius 1 is 0.732 bits per heavy atom. The average Bonchev–Trinajstić information content (AvgIpc) is 3.03. The second kappa shape index (κ2) is 11.2. The van der Waals surface area contributed by atoms with Crippen molar-refractivity contribution in [1.82, 2.24) is 15.3 Å². The van der Waals surface area contributed by atoms with E-state index in [2.05, 4.69) is 75.0 Å².